The van der Waals surface area contributed by atoms with Gasteiger partial charge in [0.2, 0.25) is 11.8 Å². The topological polar surface area (TPSA) is 110 Å². The van der Waals surface area contributed by atoms with E-state index >= 15 is 0 Å². The van der Waals surface area contributed by atoms with Crippen LogP contribution in [-0.4, -0.2) is 40.4 Å². The molecule has 1 aliphatic heterocycles. The normalized spacial score (nSPS) is 19.9. The monoisotopic (exact) mass is 277 g/mol. The number of hydrogen-bond donors (Lipinski definition) is 3. The van der Waals surface area contributed by atoms with Crippen molar-refractivity contribution in [1.29, 1.82) is 0 Å². The maximum atomic E-state index is 12.3. The summed E-state index contributed by atoms with van der Waals surface area (Å²) in [5.41, 5.74) is 12.1. The van der Waals surface area contributed by atoms with Gasteiger partial charge in [0.05, 0.1) is 6.04 Å². The van der Waals surface area contributed by atoms with Crippen molar-refractivity contribution in [3.63, 3.8) is 0 Å². The average molecular weight is 277 g/mol. The average Bonchev–Trinajstić information content (AvgIpc) is 2.90. The summed E-state index contributed by atoms with van der Waals surface area (Å²) in [6, 6.07) is 5.30. The lowest BCUT2D eigenvalue weighted by atomic mass is 10.0. The number of hydrogen-bond acceptors (Lipinski definition) is 4. The second-order valence-corrected chi connectivity index (χ2v) is 5.07. The molecule has 2 atom stereocenters. The highest BCUT2D eigenvalue weighted by Crippen LogP contribution is 2.19. The van der Waals surface area contributed by atoms with Gasteiger partial charge in [-0.2, -0.15) is 0 Å². The molecular formula is C14H19N3O3. The van der Waals surface area contributed by atoms with Crippen molar-refractivity contribution in [2.24, 2.45) is 11.5 Å². The van der Waals surface area contributed by atoms with Crippen molar-refractivity contribution in [1.82, 2.24) is 4.90 Å². The zero-order valence-corrected chi connectivity index (χ0v) is 11.2. The van der Waals surface area contributed by atoms with Gasteiger partial charge in [-0.15, -0.1) is 0 Å². The molecule has 1 aliphatic rings. The zero-order valence-electron chi connectivity index (χ0n) is 11.2. The van der Waals surface area contributed by atoms with Crippen LogP contribution in [0.4, 0.5) is 0 Å². The van der Waals surface area contributed by atoms with Crippen LogP contribution in [0.2, 0.25) is 0 Å². The van der Waals surface area contributed by atoms with Gasteiger partial charge in [-0.3, -0.25) is 9.59 Å². The van der Waals surface area contributed by atoms with Gasteiger partial charge >= 0.3 is 0 Å². The minimum Gasteiger partial charge on any atom is -0.508 e. The predicted octanol–water partition coefficient (Wildman–Crippen LogP) is -0.262. The maximum absolute atomic E-state index is 12.3. The number of rotatable bonds is 4. The number of amides is 2. The number of carbonyl (C=O) groups excluding carboxylic acids is 2. The second-order valence-electron chi connectivity index (χ2n) is 5.07. The first-order valence-electron chi connectivity index (χ1n) is 6.62. The summed E-state index contributed by atoms with van der Waals surface area (Å²) in [6.07, 6.45) is 1.74. The van der Waals surface area contributed by atoms with E-state index < -0.39 is 18.0 Å². The van der Waals surface area contributed by atoms with E-state index in [1.165, 1.54) is 4.90 Å². The van der Waals surface area contributed by atoms with Crippen LogP contribution in [0.1, 0.15) is 18.4 Å². The molecule has 2 rings (SSSR count). The van der Waals surface area contributed by atoms with E-state index in [-0.39, 0.29) is 11.7 Å². The highest BCUT2D eigenvalue weighted by atomic mass is 16.3. The van der Waals surface area contributed by atoms with Crippen molar-refractivity contribution in [2.45, 2.75) is 31.3 Å². The molecule has 108 valence electrons. The van der Waals surface area contributed by atoms with E-state index in [4.69, 9.17) is 11.5 Å². The lowest BCUT2D eigenvalue weighted by Gasteiger charge is -2.25. The fourth-order valence-corrected chi connectivity index (χ4v) is 2.51. The highest BCUT2D eigenvalue weighted by molar-refractivity contribution is 5.89. The number of primary amides is 1. The third-order valence-electron chi connectivity index (χ3n) is 3.57. The largest absolute Gasteiger partial charge is 0.508 e. The van der Waals surface area contributed by atoms with E-state index in [2.05, 4.69) is 0 Å². The Morgan fingerprint density at radius 2 is 2.00 bits per heavy atom. The summed E-state index contributed by atoms with van der Waals surface area (Å²) >= 11 is 0. The van der Waals surface area contributed by atoms with Crippen molar-refractivity contribution >= 4 is 11.8 Å². The van der Waals surface area contributed by atoms with Crippen LogP contribution in [-0.2, 0) is 16.0 Å². The lowest BCUT2D eigenvalue weighted by Crippen LogP contribution is -2.50. The number of nitrogens with zero attached hydrogens (tertiary/aromatic N) is 1. The molecule has 2 amide bonds. The van der Waals surface area contributed by atoms with Crippen molar-refractivity contribution in [3.8, 4) is 5.75 Å². The fourth-order valence-electron chi connectivity index (χ4n) is 2.51. The number of phenols is 1. The van der Waals surface area contributed by atoms with Crippen molar-refractivity contribution in [2.75, 3.05) is 6.54 Å². The molecule has 1 saturated heterocycles. The lowest BCUT2D eigenvalue weighted by molar-refractivity contribution is -0.138. The number of aromatic hydroxyl groups is 1. The van der Waals surface area contributed by atoms with Gasteiger partial charge in [0.1, 0.15) is 11.8 Å². The number of phenolic OH excluding ortho intramolecular Hbond substituents is 1. The third-order valence-corrected chi connectivity index (χ3v) is 3.57. The molecule has 20 heavy (non-hydrogen) atoms. The van der Waals surface area contributed by atoms with Gasteiger partial charge in [0.15, 0.2) is 0 Å². The Balaban J connectivity index is 2.01. The van der Waals surface area contributed by atoms with Gasteiger partial charge in [-0.25, -0.2) is 0 Å². The van der Waals surface area contributed by atoms with Crippen LogP contribution in [0.15, 0.2) is 24.3 Å². The Kier molecular flexibility index (Phi) is 4.24. The minimum atomic E-state index is -0.709. The summed E-state index contributed by atoms with van der Waals surface area (Å²) in [7, 11) is 0. The fraction of sp³-hybridized carbons (Fsp3) is 0.429. The van der Waals surface area contributed by atoms with Gasteiger partial charge in [0, 0.05) is 6.54 Å². The van der Waals surface area contributed by atoms with E-state index in [0.717, 1.165) is 12.0 Å². The van der Waals surface area contributed by atoms with Crippen LogP contribution < -0.4 is 11.5 Å². The molecule has 6 heteroatoms. The molecule has 1 heterocycles. The SMILES string of the molecule is NC(=O)C1CCCN1C(=O)[C@@H](N)Cc1ccc(O)cc1. The molecule has 0 bridgehead atoms. The summed E-state index contributed by atoms with van der Waals surface area (Å²) in [5.74, 6) is -0.561. The van der Waals surface area contributed by atoms with Crippen molar-refractivity contribution in [3.05, 3.63) is 29.8 Å². The first kappa shape index (κ1) is 14.3. The van der Waals surface area contributed by atoms with E-state index in [0.29, 0.717) is 19.4 Å². The summed E-state index contributed by atoms with van der Waals surface area (Å²) in [4.78, 5) is 25.0. The highest BCUT2D eigenvalue weighted by Gasteiger charge is 2.34. The molecule has 1 fully saturated rings. The minimum absolute atomic E-state index is 0.169. The number of benzene rings is 1. The summed E-state index contributed by atoms with van der Waals surface area (Å²) in [5, 5.41) is 9.21. The van der Waals surface area contributed by atoms with Gasteiger partial charge < -0.3 is 21.5 Å². The molecule has 1 aromatic rings. The second kappa shape index (κ2) is 5.92. The van der Waals surface area contributed by atoms with Crippen LogP contribution in [0.25, 0.3) is 0 Å². The van der Waals surface area contributed by atoms with Crippen LogP contribution >= 0.6 is 0 Å². The van der Waals surface area contributed by atoms with E-state index in [9.17, 15) is 14.7 Å². The predicted molar refractivity (Wildman–Crippen MR) is 73.7 cm³/mol. The smallest absolute Gasteiger partial charge is 0.240 e. The Morgan fingerprint density at radius 3 is 2.60 bits per heavy atom. The molecule has 0 aliphatic carbocycles. The Hall–Kier alpha value is -2.08. The molecule has 6 nitrogen and oxygen atoms in total. The number of nitrogens with two attached hydrogens (primary N) is 2. The Bertz CT molecular complexity index is 501. The molecule has 0 aromatic heterocycles. The Morgan fingerprint density at radius 1 is 1.35 bits per heavy atom. The Labute approximate surface area is 117 Å². The number of likely N-dealkylation sites (tertiary alicyclic amines) is 1. The molecular weight excluding hydrogens is 258 g/mol. The first-order chi connectivity index (χ1) is 9.49. The zero-order chi connectivity index (χ0) is 14.7. The first-order valence-corrected chi connectivity index (χ1v) is 6.62. The van der Waals surface area contributed by atoms with E-state index in [1.54, 1.807) is 24.3 Å². The summed E-state index contributed by atoms with van der Waals surface area (Å²) < 4.78 is 0. The third kappa shape index (κ3) is 3.08. The molecule has 5 N–H and O–H groups in total. The molecule has 1 aromatic carbocycles. The van der Waals surface area contributed by atoms with Crippen LogP contribution in [0, 0.1) is 0 Å². The molecule has 0 spiro atoms. The quantitative estimate of drug-likeness (QED) is 0.704. The maximum Gasteiger partial charge on any atom is 0.240 e. The van der Waals surface area contributed by atoms with Gasteiger partial charge in [0.25, 0.3) is 0 Å². The summed E-state index contributed by atoms with van der Waals surface area (Å²) in [6.45, 7) is 0.524. The van der Waals surface area contributed by atoms with Gasteiger partial charge in [-0.05, 0) is 37.0 Å². The van der Waals surface area contributed by atoms with Crippen LogP contribution in [0.5, 0.6) is 5.75 Å². The van der Waals surface area contributed by atoms with Crippen molar-refractivity contribution < 1.29 is 14.7 Å². The van der Waals surface area contributed by atoms with Gasteiger partial charge in [-0.1, -0.05) is 12.1 Å². The van der Waals surface area contributed by atoms with Crippen LogP contribution in [0.3, 0.4) is 0 Å². The molecule has 1 unspecified atom stereocenters. The number of carbonyl (C=O) groups is 2. The van der Waals surface area contributed by atoms with E-state index in [1.807, 2.05) is 0 Å². The molecule has 0 radical (unpaired) electrons. The standard InChI is InChI=1S/C14H19N3O3/c15-11(8-9-3-5-10(18)6-4-9)14(20)17-7-1-2-12(17)13(16)19/h3-6,11-12,18H,1-2,7-8,15H2,(H2,16,19)/t11-,12?/m0/s1. The molecule has 0 saturated carbocycles.